The molecule has 0 radical (unpaired) electrons. The van der Waals surface area contributed by atoms with Crippen LogP contribution < -0.4 is 0 Å². The zero-order valence-electron chi connectivity index (χ0n) is 11.7. The average molecular weight is 380 g/mol. The number of piperidine rings is 1. The van der Waals surface area contributed by atoms with E-state index in [2.05, 4.69) is 0 Å². The lowest BCUT2D eigenvalue weighted by Gasteiger charge is -2.38. The van der Waals surface area contributed by atoms with Gasteiger partial charge in [0.05, 0.1) is 6.04 Å². The van der Waals surface area contributed by atoms with Crippen molar-refractivity contribution in [1.29, 1.82) is 0 Å². The van der Waals surface area contributed by atoms with Gasteiger partial charge in [0.2, 0.25) is 0 Å². The molecule has 0 N–H and O–H groups in total. The predicted molar refractivity (Wildman–Crippen MR) is 80.4 cm³/mol. The SMILES string of the molecule is CC(C)(C)OC(=O)N1CCC2CCN(C(=O)I)C2C1. The molecule has 0 bridgehead atoms. The summed E-state index contributed by atoms with van der Waals surface area (Å²) in [6, 6.07) is 0.172. The normalized spacial score (nSPS) is 27.2. The van der Waals surface area contributed by atoms with E-state index in [-0.39, 0.29) is 16.0 Å². The highest BCUT2D eigenvalue weighted by Gasteiger charge is 2.41. The van der Waals surface area contributed by atoms with Gasteiger partial charge in [0.15, 0.2) is 0 Å². The number of hydrogen-bond acceptors (Lipinski definition) is 3. The van der Waals surface area contributed by atoms with Crippen LogP contribution in [0.5, 0.6) is 0 Å². The standard InChI is InChI=1S/C13H21IN2O3/c1-13(2,3)19-12(18)15-6-4-9-5-7-16(11(14)17)10(9)8-15/h9-10H,4-8H2,1-3H3. The second-order valence-corrected chi connectivity index (χ2v) is 7.20. The van der Waals surface area contributed by atoms with Crippen LogP contribution in [0.1, 0.15) is 33.6 Å². The lowest BCUT2D eigenvalue weighted by atomic mass is 9.92. The highest BCUT2D eigenvalue weighted by atomic mass is 127. The van der Waals surface area contributed by atoms with Gasteiger partial charge in [0.1, 0.15) is 5.60 Å². The van der Waals surface area contributed by atoms with Gasteiger partial charge in [0, 0.05) is 42.2 Å². The molecule has 2 aliphatic rings. The van der Waals surface area contributed by atoms with E-state index in [1.54, 1.807) is 4.90 Å². The first-order valence-corrected chi connectivity index (χ1v) is 7.80. The number of nitrogens with zero attached hydrogens (tertiary/aromatic N) is 2. The molecule has 2 unspecified atom stereocenters. The molecule has 108 valence electrons. The van der Waals surface area contributed by atoms with Gasteiger partial charge in [-0.15, -0.1) is 0 Å². The molecule has 2 amide bonds. The van der Waals surface area contributed by atoms with Gasteiger partial charge in [-0.1, -0.05) is 0 Å². The van der Waals surface area contributed by atoms with E-state index in [9.17, 15) is 9.59 Å². The summed E-state index contributed by atoms with van der Waals surface area (Å²) >= 11 is 1.83. The van der Waals surface area contributed by atoms with Crippen LogP contribution in [0.15, 0.2) is 0 Å². The number of ether oxygens (including phenoxy) is 1. The summed E-state index contributed by atoms with van der Waals surface area (Å²) in [5.74, 6) is 0.539. The zero-order valence-corrected chi connectivity index (χ0v) is 13.8. The Morgan fingerprint density at radius 2 is 1.84 bits per heavy atom. The van der Waals surface area contributed by atoms with Gasteiger partial charge in [-0.05, 0) is 39.5 Å². The molecule has 0 aromatic carbocycles. The van der Waals surface area contributed by atoms with E-state index >= 15 is 0 Å². The van der Waals surface area contributed by atoms with E-state index < -0.39 is 5.60 Å². The minimum Gasteiger partial charge on any atom is -0.444 e. The lowest BCUT2D eigenvalue weighted by Crippen LogP contribution is -2.51. The Morgan fingerprint density at radius 3 is 2.42 bits per heavy atom. The molecule has 2 saturated heterocycles. The van der Waals surface area contributed by atoms with Crippen molar-refractivity contribution in [2.24, 2.45) is 5.92 Å². The number of carbonyl (C=O) groups excluding carboxylic acids is 2. The minimum atomic E-state index is -0.470. The fourth-order valence-electron chi connectivity index (χ4n) is 2.85. The molecule has 2 aliphatic heterocycles. The maximum atomic E-state index is 12.1. The van der Waals surface area contributed by atoms with Crippen molar-refractivity contribution in [3.05, 3.63) is 0 Å². The number of fused-ring (bicyclic) bond motifs is 1. The Hall–Kier alpha value is -0.530. The van der Waals surface area contributed by atoms with Crippen molar-refractivity contribution < 1.29 is 14.3 Å². The topological polar surface area (TPSA) is 49.9 Å². The highest BCUT2D eigenvalue weighted by molar-refractivity contribution is 14.1. The van der Waals surface area contributed by atoms with E-state index in [1.807, 2.05) is 48.3 Å². The average Bonchev–Trinajstić information content (AvgIpc) is 2.68. The molecule has 0 aromatic heterocycles. The molecule has 2 rings (SSSR count). The maximum Gasteiger partial charge on any atom is 0.410 e. The quantitative estimate of drug-likeness (QED) is 0.369. The van der Waals surface area contributed by atoms with Crippen molar-refractivity contribution in [3.63, 3.8) is 0 Å². The second kappa shape index (κ2) is 5.46. The van der Waals surface area contributed by atoms with Crippen molar-refractivity contribution in [1.82, 2.24) is 9.80 Å². The Morgan fingerprint density at radius 1 is 1.21 bits per heavy atom. The molecular weight excluding hydrogens is 359 g/mol. The summed E-state index contributed by atoms with van der Waals surface area (Å²) < 4.78 is 5.48. The van der Waals surface area contributed by atoms with Crippen LogP contribution in [-0.2, 0) is 4.74 Å². The lowest BCUT2D eigenvalue weighted by molar-refractivity contribution is 0.0126. The number of hydrogen-bond donors (Lipinski definition) is 0. The third-order valence-corrected chi connectivity index (χ3v) is 4.36. The Kier molecular flexibility index (Phi) is 4.27. The van der Waals surface area contributed by atoms with Crippen molar-refractivity contribution in [2.45, 2.75) is 45.3 Å². The molecule has 6 heteroatoms. The van der Waals surface area contributed by atoms with Crippen LogP contribution >= 0.6 is 22.6 Å². The third kappa shape index (κ3) is 3.52. The second-order valence-electron chi connectivity index (χ2n) is 6.28. The number of likely N-dealkylation sites (tertiary alicyclic amines) is 2. The molecule has 0 saturated carbocycles. The minimum absolute atomic E-state index is 0.0798. The molecule has 2 heterocycles. The number of halogens is 1. The summed E-state index contributed by atoms with van der Waals surface area (Å²) in [5, 5.41) is 0. The Labute approximate surface area is 127 Å². The number of carbonyl (C=O) groups is 2. The van der Waals surface area contributed by atoms with Crippen LogP contribution in [0.2, 0.25) is 0 Å². The van der Waals surface area contributed by atoms with Gasteiger partial charge < -0.3 is 14.5 Å². The van der Waals surface area contributed by atoms with Gasteiger partial charge in [-0.3, -0.25) is 4.79 Å². The van der Waals surface area contributed by atoms with Gasteiger partial charge in [0.25, 0.3) is 3.91 Å². The van der Waals surface area contributed by atoms with E-state index in [0.29, 0.717) is 12.5 Å². The molecule has 2 fully saturated rings. The molecule has 0 spiro atoms. The largest absolute Gasteiger partial charge is 0.444 e. The fourth-order valence-corrected chi connectivity index (χ4v) is 3.45. The molecular formula is C13H21IN2O3. The summed E-state index contributed by atoms with van der Waals surface area (Å²) in [5.41, 5.74) is -0.470. The maximum absolute atomic E-state index is 12.1. The van der Waals surface area contributed by atoms with Crippen LogP contribution in [-0.4, -0.2) is 51.1 Å². The first-order valence-electron chi connectivity index (χ1n) is 6.72. The van der Waals surface area contributed by atoms with Crippen LogP contribution in [0, 0.1) is 5.92 Å². The summed E-state index contributed by atoms with van der Waals surface area (Å²) in [6.45, 7) is 7.77. The van der Waals surface area contributed by atoms with Crippen LogP contribution in [0.25, 0.3) is 0 Å². The summed E-state index contributed by atoms with van der Waals surface area (Å²) in [7, 11) is 0. The Bertz CT molecular complexity index is 381. The Balaban J connectivity index is 1.99. The van der Waals surface area contributed by atoms with Gasteiger partial charge >= 0.3 is 6.09 Å². The number of rotatable bonds is 0. The van der Waals surface area contributed by atoms with E-state index in [0.717, 1.165) is 25.9 Å². The first kappa shape index (κ1) is 14.9. The van der Waals surface area contributed by atoms with E-state index in [1.165, 1.54) is 0 Å². The molecule has 5 nitrogen and oxygen atoms in total. The van der Waals surface area contributed by atoms with E-state index in [4.69, 9.17) is 4.74 Å². The van der Waals surface area contributed by atoms with Gasteiger partial charge in [-0.2, -0.15) is 0 Å². The van der Waals surface area contributed by atoms with Crippen molar-refractivity contribution in [3.8, 4) is 0 Å². The highest BCUT2D eigenvalue weighted by Crippen LogP contribution is 2.33. The molecule has 2 atom stereocenters. The molecule has 0 aliphatic carbocycles. The fraction of sp³-hybridized carbons (Fsp3) is 0.846. The smallest absolute Gasteiger partial charge is 0.410 e. The van der Waals surface area contributed by atoms with Crippen LogP contribution in [0.3, 0.4) is 0 Å². The van der Waals surface area contributed by atoms with Gasteiger partial charge in [-0.25, -0.2) is 4.79 Å². The third-order valence-electron chi connectivity index (χ3n) is 3.74. The monoisotopic (exact) mass is 380 g/mol. The van der Waals surface area contributed by atoms with Crippen LogP contribution in [0.4, 0.5) is 9.59 Å². The summed E-state index contributed by atoms with van der Waals surface area (Å²) in [6.07, 6.45) is 1.75. The zero-order chi connectivity index (χ0) is 14.2. The molecule has 19 heavy (non-hydrogen) atoms. The van der Waals surface area contributed by atoms with Crippen molar-refractivity contribution >= 4 is 32.6 Å². The number of amides is 2. The summed E-state index contributed by atoms with van der Waals surface area (Å²) in [4.78, 5) is 27.3. The predicted octanol–water partition coefficient (Wildman–Crippen LogP) is 2.87. The first-order chi connectivity index (χ1) is 8.78. The van der Waals surface area contributed by atoms with Crippen molar-refractivity contribution in [2.75, 3.05) is 19.6 Å². The molecule has 0 aromatic rings.